The molecule has 32 rings (SSSR count). The van der Waals surface area contributed by atoms with Crippen molar-refractivity contribution < 1.29 is 4.42 Å². The Bertz CT molecular complexity index is 10500. The van der Waals surface area contributed by atoms with Gasteiger partial charge in [-0.15, -0.1) is 11.3 Å². The Labute approximate surface area is 869 Å². The fourth-order valence-corrected chi connectivity index (χ4v) is 27.1. The molecular formula is C142H90N6OS. The van der Waals surface area contributed by atoms with Crippen LogP contribution in [0.4, 0.5) is 0 Å². The molecule has 0 aliphatic carbocycles. The van der Waals surface area contributed by atoms with Crippen molar-refractivity contribution in [3.05, 3.63) is 613 Å². The fraction of sp³-hybridized carbons (Fsp3) is 0.0211. The maximum absolute atomic E-state index is 6.23. The highest BCUT2D eigenvalue weighted by molar-refractivity contribution is 7.26. The van der Waals surface area contributed by atoms with Crippen LogP contribution in [0.15, 0.2) is 551 Å². The Morgan fingerprint density at radius 2 is 0.587 bits per heavy atom. The van der Waals surface area contributed by atoms with Crippen molar-refractivity contribution in [2.75, 3.05) is 0 Å². The van der Waals surface area contributed by atoms with E-state index in [2.05, 4.69) is 510 Å². The van der Waals surface area contributed by atoms with Gasteiger partial charge >= 0.3 is 0 Å². The lowest BCUT2D eigenvalue weighted by Gasteiger charge is -2.42. The van der Waals surface area contributed by atoms with Crippen LogP contribution in [0.5, 0.6) is 0 Å². The first kappa shape index (κ1) is 86.3. The average Bonchev–Trinajstić information content (AvgIpc) is 1.47. The van der Waals surface area contributed by atoms with Gasteiger partial charge in [0.25, 0.3) is 0 Å². The summed E-state index contributed by atoms with van der Waals surface area (Å²) in [5.74, 6) is 0.622. The van der Waals surface area contributed by atoms with Crippen LogP contribution in [0, 0.1) is 0 Å². The van der Waals surface area contributed by atoms with E-state index in [0.29, 0.717) is 5.82 Å². The van der Waals surface area contributed by atoms with E-state index in [0.717, 1.165) is 60.9 Å². The lowest BCUT2D eigenvalue weighted by molar-refractivity contribution is 0.669. The lowest BCUT2D eigenvalue weighted by Crippen LogP contribution is -2.35. The van der Waals surface area contributed by atoms with E-state index in [1.807, 2.05) is 59.9 Å². The van der Waals surface area contributed by atoms with Gasteiger partial charge in [0.1, 0.15) is 16.9 Å². The van der Waals surface area contributed by atoms with Gasteiger partial charge in [-0.25, -0.2) is 9.97 Å². The normalized spacial score (nSPS) is 15.1. The zero-order chi connectivity index (χ0) is 98.7. The number of rotatable bonds is 12. The van der Waals surface area contributed by atoms with Crippen molar-refractivity contribution in [3.63, 3.8) is 0 Å². The molecule has 7 nitrogen and oxygen atoms in total. The van der Waals surface area contributed by atoms with Crippen LogP contribution >= 0.6 is 11.3 Å². The summed E-state index contributed by atoms with van der Waals surface area (Å²) in [4.78, 5) is 14.4. The number of aromatic nitrogens is 6. The van der Waals surface area contributed by atoms with Gasteiger partial charge < -0.3 is 18.1 Å². The highest BCUT2D eigenvalue weighted by atomic mass is 32.1. The van der Waals surface area contributed by atoms with Crippen molar-refractivity contribution in [1.29, 1.82) is 0 Å². The summed E-state index contributed by atoms with van der Waals surface area (Å²) in [5.41, 5.74) is 40.0. The molecule has 150 heavy (non-hydrogen) atoms. The molecule has 8 heteroatoms. The molecule has 0 radical (unpaired) electrons. The predicted molar refractivity (Wildman–Crippen MR) is 622 cm³/mol. The SMILES string of the molecule is c1ccc(C2(c3ccc(-c4ccc(-c5nc(-c6ccccn6)nc6ccccc56)cc4)cc3)c3ccccc3-n3c4ccccc4c4cccc2c43)cc1.c1ccc(C2(c3ccc(-c4cccc(-c5cccc6oc7ccccc7c56)c4)cc3)c3ccccc3-n3c4ccccc4c4cccc2c43)cc1.c1ccc(C2(c3cccc(-c4cccc5c4sc4ccccc45)c3)c3ccccc3-n3c4ccccc4c4cccc2c43)cc1. The maximum atomic E-state index is 6.23. The largest absolute Gasteiger partial charge is 0.456 e. The van der Waals surface area contributed by atoms with Crippen LogP contribution in [0.25, 0.3) is 203 Å². The van der Waals surface area contributed by atoms with Crippen LogP contribution in [0.2, 0.25) is 0 Å². The van der Waals surface area contributed by atoms with E-state index in [4.69, 9.17) is 14.4 Å². The van der Waals surface area contributed by atoms with Crippen LogP contribution < -0.4 is 0 Å². The second-order valence-corrected chi connectivity index (χ2v) is 40.7. The summed E-state index contributed by atoms with van der Waals surface area (Å²) >= 11 is 1.89. The standard InChI is InChI=1S/C50H32N4.C49H31NO.C43H27NS/c1-2-13-36(14-3-1)50(41-18-6-9-23-46(41)54-45-22-8-5-15-38(45)39-17-12-19-42(50)48(39)54)37-30-28-34(29-31-37)33-24-26-35(27-25-33)47-40-16-4-7-20-43(40)52-49(53-47)44-21-10-11-32-51-44;1-2-15-35(16-3-1)49(41-21-6-8-24-44(41)50-43-23-7-4-17-38(43)39-20-11-22-42(49)48(39)50)36-29-27-32(28-30-36)33-13-10-14-34(31-33)37-19-12-26-46-47(37)40-18-5-9-25-45(40)51-46;1-2-14-29(15-3-1)43(30-16-10-13-28(27-30)31-19-11-21-35-33-18-5-9-26-40(33)45-42(31)35)36-22-6-8-25-39(36)44-38-24-7-4-17-32(38)34-20-12-23-37(43)41(34)44/h1-32H;1-31H;1-27H. The molecule has 22 aromatic carbocycles. The quantitative estimate of drug-likeness (QED) is 0.122. The molecule has 0 saturated heterocycles. The second-order valence-electron chi connectivity index (χ2n) is 39.6. The summed E-state index contributed by atoms with van der Waals surface area (Å²) in [6, 6.07) is 197. The summed E-state index contributed by atoms with van der Waals surface area (Å²) in [6.07, 6.45) is 1.78. The number of nitrogens with zero attached hydrogens (tertiary/aromatic N) is 6. The number of hydrogen-bond acceptors (Lipinski definition) is 5. The molecule has 10 heterocycles. The topological polar surface area (TPSA) is 66.6 Å². The van der Waals surface area contributed by atoms with Gasteiger partial charge in [-0.3, -0.25) is 4.98 Å². The molecule has 3 unspecified atom stereocenters. The zero-order valence-electron chi connectivity index (χ0n) is 81.5. The van der Waals surface area contributed by atoms with Gasteiger partial charge in [0.15, 0.2) is 5.82 Å². The number of furan rings is 1. The van der Waals surface area contributed by atoms with E-state index in [-0.39, 0.29) is 0 Å². The average molecular weight is 1930 g/mol. The lowest BCUT2D eigenvalue weighted by atomic mass is 9.63. The van der Waals surface area contributed by atoms with Crippen molar-refractivity contribution in [2.45, 2.75) is 16.2 Å². The Morgan fingerprint density at radius 1 is 0.220 bits per heavy atom. The molecule has 3 aliphatic rings. The minimum atomic E-state index is -0.524. The molecule has 0 fully saturated rings. The minimum Gasteiger partial charge on any atom is -0.456 e. The number of fused-ring (bicyclic) bond motifs is 22. The van der Waals surface area contributed by atoms with E-state index in [1.54, 1.807) is 6.20 Å². The van der Waals surface area contributed by atoms with Crippen LogP contribution in [-0.2, 0) is 16.2 Å². The van der Waals surface area contributed by atoms with E-state index in [9.17, 15) is 0 Å². The number of thiophene rings is 1. The van der Waals surface area contributed by atoms with Crippen LogP contribution in [-0.4, -0.2) is 28.7 Å². The number of benzene rings is 22. The summed E-state index contributed by atoms with van der Waals surface area (Å²) in [6.45, 7) is 0. The van der Waals surface area contributed by atoms with Crippen LogP contribution in [0.3, 0.4) is 0 Å². The molecule has 0 saturated carbocycles. The van der Waals surface area contributed by atoms with Gasteiger partial charge in [-0.05, 0) is 196 Å². The Morgan fingerprint density at radius 3 is 1.13 bits per heavy atom. The molecule has 700 valence electrons. The molecule has 0 spiro atoms. The van der Waals surface area contributed by atoms with Crippen molar-refractivity contribution in [2.24, 2.45) is 0 Å². The van der Waals surface area contributed by atoms with E-state index >= 15 is 0 Å². The summed E-state index contributed by atoms with van der Waals surface area (Å²) in [7, 11) is 0. The summed E-state index contributed by atoms with van der Waals surface area (Å²) in [5, 5.41) is 13.7. The first-order chi connectivity index (χ1) is 74.4. The van der Waals surface area contributed by atoms with Crippen LogP contribution in [0.1, 0.15) is 66.8 Å². The molecule has 0 amide bonds. The number of para-hydroxylation sites is 11. The maximum Gasteiger partial charge on any atom is 0.179 e. The third-order valence-corrected chi connectivity index (χ3v) is 33.3. The monoisotopic (exact) mass is 1930 g/mol. The Kier molecular flexibility index (Phi) is 19.8. The molecule has 3 atom stereocenters. The minimum absolute atomic E-state index is 0.508. The molecular weight excluding hydrogens is 1840 g/mol. The van der Waals surface area contributed by atoms with Gasteiger partial charge in [0, 0.05) is 80.4 Å². The van der Waals surface area contributed by atoms with Gasteiger partial charge in [-0.2, -0.15) is 0 Å². The highest BCUT2D eigenvalue weighted by Crippen LogP contribution is 2.60. The van der Waals surface area contributed by atoms with Gasteiger partial charge in [0.2, 0.25) is 0 Å². The fourth-order valence-electron chi connectivity index (χ4n) is 25.9. The second kappa shape index (κ2) is 34.5. The first-order valence-electron chi connectivity index (χ1n) is 51.5. The van der Waals surface area contributed by atoms with Gasteiger partial charge in [-0.1, -0.05) is 455 Å². The van der Waals surface area contributed by atoms with Crippen molar-refractivity contribution >= 4 is 130 Å². The third kappa shape index (κ3) is 12.9. The smallest absolute Gasteiger partial charge is 0.179 e. The Balaban J connectivity index is 0.000000104. The summed E-state index contributed by atoms with van der Waals surface area (Å²) < 4.78 is 16.4. The van der Waals surface area contributed by atoms with Crippen molar-refractivity contribution in [3.8, 4) is 84.3 Å². The van der Waals surface area contributed by atoms with Crippen molar-refractivity contribution in [1.82, 2.24) is 28.7 Å². The van der Waals surface area contributed by atoms with E-state index in [1.165, 1.54) is 203 Å². The van der Waals surface area contributed by atoms with Gasteiger partial charge in [0.05, 0.1) is 77.6 Å². The molecule has 0 bridgehead atoms. The third-order valence-electron chi connectivity index (χ3n) is 32.1. The number of pyridine rings is 1. The molecule has 3 aliphatic heterocycles. The molecule has 0 N–H and O–H groups in total. The Hall–Kier alpha value is -19.3. The highest BCUT2D eigenvalue weighted by Gasteiger charge is 2.49. The molecule has 29 aromatic rings. The van der Waals surface area contributed by atoms with E-state index < -0.39 is 16.2 Å². The first-order valence-corrected chi connectivity index (χ1v) is 52.3. The predicted octanol–water partition coefficient (Wildman–Crippen LogP) is 36.0. The zero-order valence-corrected chi connectivity index (χ0v) is 82.3. The molecule has 7 aromatic heterocycles. The number of hydrogen-bond donors (Lipinski definition) is 0.